The first kappa shape index (κ1) is 39.8. The van der Waals surface area contributed by atoms with E-state index in [1.807, 2.05) is 65.0 Å². The first-order valence-electron chi connectivity index (χ1n) is 19.2. The van der Waals surface area contributed by atoms with Gasteiger partial charge in [0.25, 0.3) is 0 Å². The van der Waals surface area contributed by atoms with Crippen LogP contribution in [-0.2, 0) is 19.1 Å². The van der Waals surface area contributed by atoms with E-state index < -0.39 is 24.3 Å². The molecule has 4 heterocycles. The number of nitrogens with zero attached hydrogens (tertiary/aromatic N) is 4. The van der Waals surface area contributed by atoms with Gasteiger partial charge in [0.2, 0.25) is 11.8 Å². The molecule has 56 heavy (non-hydrogen) atoms. The van der Waals surface area contributed by atoms with E-state index in [1.165, 1.54) is 14.2 Å². The number of aromatic amines is 2. The molecule has 2 aliphatic heterocycles. The molecule has 2 unspecified atom stereocenters. The van der Waals surface area contributed by atoms with Crippen molar-refractivity contribution in [2.75, 3.05) is 27.3 Å². The van der Waals surface area contributed by atoms with Crippen LogP contribution < -0.4 is 10.6 Å². The third-order valence-electron chi connectivity index (χ3n) is 10.8. The van der Waals surface area contributed by atoms with Gasteiger partial charge in [-0.05, 0) is 60.3 Å². The Kier molecular flexibility index (Phi) is 12.3. The van der Waals surface area contributed by atoms with Crippen LogP contribution in [0.25, 0.3) is 33.6 Å². The summed E-state index contributed by atoms with van der Waals surface area (Å²) in [7, 11) is 2.57. The van der Waals surface area contributed by atoms with Crippen molar-refractivity contribution >= 4 is 24.0 Å². The summed E-state index contributed by atoms with van der Waals surface area (Å²) < 4.78 is 9.54. The number of imidazole rings is 2. The third-order valence-corrected chi connectivity index (χ3v) is 10.8. The van der Waals surface area contributed by atoms with Crippen LogP contribution in [0.15, 0.2) is 72.6 Å². The maximum atomic E-state index is 13.8. The number of carbonyl (C=O) groups is 4. The number of ether oxygens (including phenoxy) is 2. The molecule has 0 radical (unpaired) electrons. The van der Waals surface area contributed by atoms with Gasteiger partial charge in [-0.15, -0.1) is 0 Å². The number of alkyl carbamates (subject to hydrolysis) is 2. The number of carbonyl (C=O) groups excluding carboxylic acids is 4. The van der Waals surface area contributed by atoms with Crippen LogP contribution in [0, 0.1) is 11.8 Å². The fraction of sp³-hybridized carbons (Fsp3) is 0.429. The molecule has 2 aromatic heterocycles. The average molecular weight is 765 g/mol. The van der Waals surface area contributed by atoms with Crippen molar-refractivity contribution < 1.29 is 28.7 Å². The molecule has 0 bridgehead atoms. The quantitative estimate of drug-likeness (QED) is 0.121. The van der Waals surface area contributed by atoms with Crippen LogP contribution >= 0.6 is 0 Å². The maximum Gasteiger partial charge on any atom is 0.407 e. The molecule has 4 N–H and O–H groups in total. The lowest BCUT2D eigenvalue weighted by Crippen LogP contribution is -2.51. The van der Waals surface area contributed by atoms with Crippen molar-refractivity contribution in [2.24, 2.45) is 11.8 Å². The van der Waals surface area contributed by atoms with Gasteiger partial charge in [-0.25, -0.2) is 19.6 Å². The van der Waals surface area contributed by atoms with Gasteiger partial charge in [0.15, 0.2) is 0 Å². The molecular weight excluding hydrogens is 713 g/mol. The number of methoxy groups -OCH3 is 2. The second-order valence-corrected chi connectivity index (χ2v) is 15.1. The number of likely N-dealkylation sites (tertiary alicyclic amines) is 2. The van der Waals surface area contributed by atoms with E-state index in [1.54, 1.807) is 22.2 Å². The monoisotopic (exact) mass is 764 g/mol. The Balaban J connectivity index is 1.13. The first-order chi connectivity index (χ1) is 26.9. The highest BCUT2D eigenvalue weighted by Crippen LogP contribution is 2.37. The van der Waals surface area contributed by atoms with Crippen molar-refractivity contribution in [1.82, 2.24) is 40.4 Å². The smallest absolute Gasteiger partial charge is 0.407 e. The molecule has 14 heteroatoms. The van der Waals surface area contributed by atoms with E-state index >= 15 is 0 Å². The third kappa shape index (κ3) is 8.48. The Morgan fingerprint density at radius 2 is 1.16 bits per heavy atom. The van der Waals surface area contributed by atoms with Crippen molar-refractivity contribution in [3.8, 4) is 33.6 Å². The number of aromatic nitrogens is 4. The Morgan fingerprint density at radius 1 is 0.714 bits per heavy atom. The minimum absolute atomic E-state index is 0.107. The molecular formula is C42H52N8O6. The van der Waals surface area contributed by atoms with E-state index in [4.69, 9.17) is 14.5 Å². The second kappa shape index (κ2) is 17.3. The number of hydrogen-bond donors (Lipinski definition) is 4. The Labute approximate surface area is 327 Å². The van der Waals surface area contributed by atoms with Crippen LogP contribution in [-0.4, -0.2) is 93.1 Å². The number of H-pyrrole nitrogens is 2. The molecule has 2 aliphatic rings. The zero-order valence-electron chi connectivity index (χ0n) is 33.1. The number of hydrogen-bond acceptors (Lipinski definition) is 8. The van der Waals surface area contributed by atoms with Gasteiger partial charge in [-0.1, -0.05) is 87.9 Å². The predicted molar refractivity (Wildman–Crippen MR) is 212 cm³/mol. The molecule has 0 saturated carbocycles. The molecule has 2 aromatic carbocycles. The summed E-state index contributed by atoms with van der Waals surface area (Å²) >= 11 is 0. The standard InChI is InChI=1S/C42H52N8O6/c1-8-26-20-34(50(23-26)40(52)36(25(4)5)48-42(54)56-7)38-44-22-32(46-38)30-17-13-28(14-18-30)27-11-15-29(16-12-27)31-21-43-37(45-31)33-10-9-19-49(33)39(51)35(24(2)3)47-41(53)55-6/h8,11-18,21-22,24-25,33-36H,9-10,19-20,23H2,1-7H3,(H,43,45)(H,44,46)(H,47,53)(H,48,54)/t33?,34-,35?,36-/m0/s1. The number of amides is 4. The molecule has 2 saturated heterocycles. The average Bonchev–Trinajstić information content (AvgIpc) is 4.04. The normalized spacial score (nSPS) is 18.7. The lowest BCUT2D eigenvalue weighted by atomic mass is 10.0. The fourth-order valence-electron chi connectivity index (χ4n) is 7.50. The highest BCUT2D eigenvalue weighted by atomic mass is 16.5. The van der Waals surface area contributed by atoms with Crippen molar-refractivity contribution in [3.63, 3.8) is 0 Å². The molecule has 296 valence electrons. The summed E-state index contributed by atoms with van der Waals surface area (Å²) in [4.78, 5) is 71.1. The maximum absolute atomic E-state index is 13.8. The fourth-order valence-corrected chi connectivity index (χ4v) is 7.50. The van der Waals surface area contributed by atoms with Gasteiger partial charge in [0.1, 0.15) is 23.7 Å². The lowest BCUT2D eigenvalue weighted by Gasteiger charge is -2.30. The number of benzene rings is 2. The Hall–Kier alpha value is -5.92. The van der Waals surface area contributed by atoms with E-state index in [0.29, 0.717) is 25.3 Å². The van der Waals surface area contributed by atoms with Gasteiger partial charge < -0.3 is 39.9 Å². The summed E-state index contributed by atoms with van der Waals surface area (Å²) in [6, 6.07) is 14.5. The van der Waals surface area contributed by atoms with Crippen LogP contribution in [0.5, 0.6) is 0 Å². The summed E-state index contributed by atoms with van der Waals surface area (Å²) in [5.74, 6) is 0.854. The number of nitrogens with one attached hydrogen (secondary N) is 4. The summed E-state index contributed by atoms with van der Waals surface area (Å²) in [6.07, 6.45) is 6.64. The highest BCUT2D eigenvalue weighted by Gasteiger charge is 2.40. The number of allylic oxidation sites excluding steroid dienone is 1. The molecule has 2 fully saturated rings. The first-order valence-corrected chi connectivity index (χ1v) is 19.2. The topological polar surface area (TPSA) is 175 Å². The van der Waals surface area contributed by atoms with Gasteiger partial charge in [0, 0.05) is 13.1 Å². The van der Waals surface area contributed by atoms with E-state index in [9.17, 15) is 19.2 Å². The van der Waals surface area contributed by atoms with Crippen LogP contribution in [0.1, 0.15) is 77.6 Å². The largest absolute Gasteiger partial charge is 0.453 e. The second-order valence-electron chi connectivity index (χ2n) is 15.1. The minimum Gasteiger partial charge on any atom is -0.453 e. The van der Waals surface area contributed by atoms with Gasteiger partial charge >= 0.3 is 12.2 Å². The molecule has 6 rings (SSSR count). The van der Waals surface area contributed by atoms with Crippen LogP contribution in [0.2, 0.25) is 0 Å². The van der Waals surface area contributed by atoms with E-state index in [2.05, 4.69) is 49.9 Å². The van der Waals surface area contributed by atoms with Crippen LogP contribution in [0.4, 0.5) is 9.59 Å². The molecule has 4 aromatic rings. The molecule has 4 amide bonds. The molecule has 0 spiro atoms. The van der Waals surface area contributed by atoms with E-state index in [-0.39, 0.29) is 35.7 Å². The zero-order chi connectivity index (χ0) is 40.1. The highest BCUT2D eigenvalue weighted by molar-refractivity contribution is 5.87. The molecule has 14 nitrogen and oxygen atoms in total. The SMILES string of the molecule is CC=C1C[C@@H](c2ncc(-c3ccc(-c4ccc(-c5cnc(C6CCCN6C(=O)C(NC(=O)OC)C(C)C)[nH]5)cc4)cc3)[nH]2)N(C(=O)[C@@H](NC(=O)OC)C(C)C)C1. The zero-order valence-corrected chi connectivity index (χ0v) is 33.1. The summed E-state index contributed by atoms with van der Waals surface area (Å²) in [5, 5.41) is 5.40. The molecule has 0 aliphatic carbocycles. The van der Waals surface area contributed by atoms with Gasteiger partial charge in [0.05, 0.1) is 50.1 Å². The van der Waals surface area contributed by atoms with Gasteiger partial charge in [-0.2, -0.15) is 0 Å². The van der Waals surface area contributed by atoms with Crippen molar-refractivity contribution in [1.29, 1.82) is 0 Å². The van der Waals surface area contributed by atoms with E-state index in [0.717, 1.165) is 57.9 Å². The van der Waals surface area contributed by atoms with Crippen LogP contribution in [0.3, 0.4) is 0 Å². The van der Waals surface area contributed by atoms with Gasteiger partial charge in [-0.3, -0.25) is 9.59 Å². The minimum atomic E-state index is -0.726. The predicted octanol–water partition coefficient (Wildman–Crippen LogP) is 6.78. The van der Waals surface area contributed by atoms with Crippen molar-refractivity contribution in [2.45, 2.75) is 78.0 Å². The Morgan fingerprint density at radius 3 is 1.61 bits per heavy atom. The lowest BCUT2D eigenvalue weighted by molar-refractivity contribution is -0.136. The summed E-state index contributed by atoms with van der Waals surface area (Å²) in [5.41, 5.74) is 6.86. The molecule has 4 atom stereocenters. The summed E-state index contributed by atoms with van der Waals surface area (Å²) in [6.45, 7) is 10.6. The Bertz CT molecular complexity index is 2050. The number of rotatable bonds is 11. The van der Waals surface area contributed by atoms with Crippen molar-refractivity contribution in [3.05, 3.63) is 84.2 Å².